The summed E-state index contributed by atoms with van der Waals surface area (Å²) in [6, 6.07) is 25.7. The van der Waals surface area contributed by atoms with Crippen molar-refractivity contribution in [3.8, 4) is 17.3 Å². The van der Waals surface area contributed by atoms with E-state index in [4.69, 9.17) is 13.1 Å². The molecule has 0 saturated carbocycles. The lowest BCUT2D eigenvalue weighted by atomic mass is 10.0. The van der Waals surface area contributed by atoms with Crippen LogP contribution in [-0.4, -0.2) is 0 Å². The molecule has 6 aromatic rings. The van der Waals surface area contributed by atoms with Gasteiger partial charge in [-0.3, -0.25) is 0 Å². The van der Waals surface area contributed by atoms with Gasteiger partial charge in [0.25, 0.3) is 0 Å². The third kappa shape index (κ3) is 2.71. The monoisotopic (exact) mass is 431 g/mol. The van der Waals surface area contributed by atoms with Crippen molar-refractivity contribution in [3.63, 3.8) is 0 Å². The van der Waals surface area contributed by atoms with E-state index in [0.717, 1.165) is 54.2 Å². The van der Waals surface area contributed by atoms with Crippen molar-refractivity contribution in [1.82, 2.24) is 0 Å². The van der Waals surface area contributed by atoms with Crippen molar-refractivity contribution in [2.45, 2.75) is 0 Å². The second-order valence-electron chi connectivity index (χ2n) is 8.02. The Morgan fingerprint density at radius 3 is 1.91 bits per heavy atom. The fourth-order valence-electron chi connectivity index (χ4n) is 4.86. The molecule has 154 valence electrons. The van der Waals surface area contributed by atoms with Crippen molar-refractivity contribution >= 4 is 48.8 Å². The van der Waals surface area contributed by atoms with Crippen molar-refractivity contribution < 1.29 is 0 Å². The summed E-state index contributed by atoms with van der Waals surface area (Å²) in [6.45, 7) is 14.6. The average Bonchev–Trinajstić information content (AvgIpc) is 3.35. The maximum Gasteiger partial charge on any atom is 0.206 e. The summed E-state index contributed by atoms with van der Waals surface area (Å²) < 4.78 is 0. The summed E-state index contributed by atoms with van der Waals surface area (Å²) in [5.41, 5.74) is 2.58. The molecule has 0 N–H and O–H groups in total. The molecule has 5 nitrogen and oxygen atoms in total. The van der Waals surface area contributed by atoms with Gasteiger partial charge in [0.15, 0.2) is 11.0 Å². The number of nitrogens with zero attached hydrogens (tertiary/aromatic N) is 5. The van der Waals surface area contributed by atoms with Crippen LogP contribution in [0.4, 0.5) is 5.69 Å². The van der Waals surface area contributed by atoms with Gasteiger partial charge in [-0.05, 0) is 50.9 Å². The second-order valence-corrected chi connectivity index (χ2v) is 8.02. The predicted octanol–water partition coefficient (Wildman–Crippen LogP) is 6.51. The average molecular weight is 431 g/mol. The maximum absolute atomic E-state index is 9.31. The fourth-order valence-corrected chi connectivity index (χ4v) is 4.86. The number of benzene rings is 4. The van der Waals surface area contributed by atoms with Gasteiger partial charge in [-0.2, -0.15) is 16.8 Å². The fraction of sp³-hybridized carbons (Fsp3) is 0. The van der Waals surface area contributed by atoms with E-state index in [1.807, 2.05) is 54.7 Å². The van der Waals surface area contributed by atoms with E-state index >= 15 is 0 Å². The molecule has 0 unspecified atom stereocenters. The Morgan fingerprint density at radius 1 is 0.618 bits per heavy atom. The molecule has 0 aliphatic carbocycles. The molecule has 6 rings (SSSR count). The van der Waals surface area contributed by atoms with Crippen LogP contribution in [0.1, 0.15) is 0 Å². The number of hydrogen-bond donors (Lipinski definition) is 0. The molecule has 0 amide bonds. The Balaban J connectivity index is 1.74. The minimum atomic E-state index is 0.595. The molecule has 0 aliphatic rings. The van der Waals surface area contributed by atoms with Gasteiger partial charge in [-0.15, -0.1) is 4.95 Å². The number of fused-ring (bicyclic) bond motifs is 6. The quantitative estimate of drug-likeness (QED) is 0.166. The van der Waals surface area contributed by atoms with Gasteiger partial charge in [0.1, 0.15) is 0 Å². The van der Waals surface area contributed by atoms with Crippen LogP contribution in [0.15, 0.2) is 89.0 Å². The molecule has 0 aromatic heterocycles. The first kappa shape index (κ1) is 19.4. The van der Waals surface area contributed by atoms with E-state index < -0.39 is 0 Å². The lowest BCUT2D eigenvalue weighted by Gasteiger charge is -2.02. The van der Waals surface area contributed by atoms with Gasteiger partial charge in [-0.25, -0.2) is 4.85 Å². The Kier molecular flexibility index (Phi) is 4.21. The molecule has 0 bridgehead atoms. The third-order valence-corrected chi connectivity index (χ3v) is 6.35. The zero-order chi connectivity index (χ0) is 23.2. The molecule has 0 heterocycles. The zero-order valence-corrected chi connectivity index (χ0v) is 17.7. The molecule has 6 aromatic carbocycles. The summed E-state index contributed by atoms with van der Waals surface area (Å²) in [6.07, 6.45) is 1.95. The highest BCUT2D eigenvalue weighted by molar-refractivity contribution is 6.21. The SMILES string of the molecule is [C-]#[N+]/N=c1\c2cc(-c3ccc([N+]#[C-])cc3)ccc2c2cc3c(=NC#N)c4ccccc4c3cc12. The van der Waals surface area contributed by atoms with Gasteiger partial charge < -0.3 is 0 Å². The maximum atomic E-state index is 9.31. The van der Waals surface area contributed by atoms with E-state index in [1.54, 1.807) is 12.1 Å². The molecule has 5 heteroatoms. The molecule has 0 aliphatic heterocycles. The first-order valence-corrected chi connectivity index (χ1v) is 10.6. The van der Waals surface area contributed by atoms with Crippen LogP contribution in [0, 0.1) is 24.6 Å². The highest BCUT2D eigenvalue weighted by atomic mass is 15.2. The van der Waals surface area contributed by atoms with Crippen LogP contribution < -0.4 is 10.7 Å². The molecule has 0 spiro atoms. The first-order chi connectivity index (χ1) is 16.7. The summed E-state index contributed by atoms with van der Waals surface area (Å²) in [4.78, 5) is 11.0. The van der Waals surface area contributed by atoms with Gasteiger partial charge in [0.2, 0.25) is 6.19 Å². The summed E-state index contributed by atoms with van der Waals surface area (Å²) in [7, 11) is 0. The largest absolute Gasteiger partial charge is 0.238 e. The number of nitriles is 1. The molecule has 0 atom stereocenters. The van der Waals surface area contributed by atoms with Gasteiger partial charge in [-0.1, -0.05) is 60.7 Å². The van der Waals surface area contributed by atoms with Crippen LogP contribution in [0.25, 0.3) is 64.0 Å². The normalized spacial score (nSPS) is 12.4. The highest BCUT2D eigenvalue weighted by Crippen LogP contribution is 2.34. The van der Waals surface area contributed by atoms with Gasteiger partial charge >= 0.3 is 0 Å². The summed E-state index contributed by atoms with van der Waals surface area (Å²) in [5, 5.41) is 22.4. The van der Waals surface area contributed by atoms with Gasteiger partial charge in [0.05, 0.1) is 17.0 Å². The van der Waals surface area contributed by atoms with E-state index in [2.05, 4.69) is 38.1 Å². The van der Waals surface area contributed by atoms with Crippen LogP contribution >= 0.6 is 0 Å². The highest BCUT2D eigenvalue weighted by Gasteiger charge is 2.16. The Bertz CT molecular complexity index is 2030. The Labute approximate surface area is 194 Å². The second kappa shape index (κ2) is 7.38. The van der Waals surface area contributed by atoms with Crippen molar-refractivity contribution in [2.24, 2.45) is 10.1 Å². The Hall–Kier alpha value is -5.31. The van der Waals surface area contributed by atoms with Crippen LogP contribution in [0.3, 0.4) is 0 Å². The lowest BCUT2D eigenvalue weighted by Crippen LogP contribution is -1.98. The molecule has 0 radical (unpaired) electrons. The zero-order valence-electron chi connectivity index (χ0n) is 17.7. The predicted molar refractivity (Wildman–Crippen MR) is 134 cm³/mol. The minimum absolute atomic E-state index is 0.595. The van der Waals surface area contributed by atoms with Crippen LogP contribution in [0.2, 0.25) is 0 Å². The van der Waals surface area contributed by atoms with Gasteiger partial charge in [0, 0.05) is 21.5 Å². The van der Waals surface area contributed by atoms with E-state index in [0.29, 0.717) is 16.4 Å². The van der Waals surface area contributed by atoms with Crippen molar-refractivity contribution in [3.05, 3.63) is 113 Å². The van der Waals surface area contributed by atoms with Crippen LogP contribution in [-0.2, 0) is 0 Å². The van der Waals surface area contributed by atoms with Crippen molar-refractivity contribution in [2.75, 3.05) is 0 Å². The Morgan fingerprint density at radius 2 is 1.24 bits per heavy atom. The molecule has 34 heavy (non-hydrogen) atoms. The standard InChI is InChI=1S/C29H13N5/c1-31-19-10-7-17(8-11-19)18-9-12-21-24-14-26-23(15-27(24)29(34-32-2)25(21)13-18)20-5-3-4-6-22(20)28(26)33-16-30/h3-15H/b33-28?,34-29+. The van der Waals surface area contributed by atoms with E-state index in [1.165, 1.54) is 0 Å². The molecular weight excluding hydrogens is 418 g/mol. The summed E-state index contributed by atoms with van der Waals surface area (Å²) >= 11 is 0. The third-order valence-electron chi connectivity index (χ3n) is 6.35. The van der Waals surface area contributed by atoms with Crippen molar-refractivity contribution in [1.29, 1.82) is 5.26 Å². The minimum Gasteiger partial charge on any atom is -0.238 e. The topological polar surface area (TPSA) is 57.2 Å². The number of hydrogen-bond acceptors (Lipinski definition) is 3. The molecule has 0 fully saturated rings. The smallest absolute Gasteiger partial charge is 0.206 e. The first-order valence-electron chi connectivity index (χ1n) is 10.6. The number of rotatable bonds is 1. The molecular formula is C29H13N5. The summed E-state index contributed by atoms with van der Waals surface area (Å²) in [5.74, 6) is 0. The van der Waals surface area contributed by atoms with Crippen LogP contribution in [0.5, 0.6) is 0 Å². The van der Waals surface area contributed by atoms with E-state index in [9.17, 15) is 5.26 Å². The molecule has 0 saturated heterocycles. The lowest BCUT2D eigenvalue weighted by molar-refractivity contribution is 1.37. The van der Waals surface area contributed by atoms with E-state index in [-0.39, 0.29) is 0 Å².